The van der Waals surface area contributed by atoms with Crippen LogP contribution in [0.25, 0.3) is 6.08 Å². The van der Waals surface area contributed by atoms with E-state index in [1.807, 2.05) is 13.8 Å². The normalized spacial score (nSPS) is 16.5. The molecule has 1 aliphatic rings. The molecule has 21 heavy (non-hydrogen) atoms. The minimum atomic E-state index is -0.208. The maximum absolute atomic E-state index is 12.1. The topological polar surface area (TPSA) is 61.8 Å². The molecule has 1 amide bonds. The van der Waals surface area contributed by atoms with Gasteiger partial charge in [0.15, 0.2) is 16.6 Å². The number of halogens is 1. The summed E-state index contributed by atoms with van der Waals surface area (Å²) in [6.45, 7) is 4.61. The second-order valence-corrected chi connectivity index (χ2v) is 5.61. The highest BCUT2D eigenvalue weighted by atomic mass is 79.9. The number of nitrogens with one attached hydrogen (secondary N) is 1. The van der Waals surface area contributed by atoms with Gasteiger partial charge in [0.1, 0.15) is 5.70 Å². The van der Waals surface area contributed by atoms with Crippen molar-refractivity contribution in [2.75, 3.05) is 13.2 Å². The zero-order valence-corrected chi connectivity index (χ0v) is 14.0. The first-order valence-corrected chi connectivity index (χ1v) is 7.67. The molecule has 0 saturated carbocycles. The fourth-order valence-corrected chi connectivity index (χ4v) is 2.76. The molecule has 0 radical (unpaired) electrons. The first-order chi connectivity index (χ1) is 9.97. The molecule has 1 aromatic carbocycles. The number of likely N-dealkylation sites (N-methyl/N-ethyl adjacent to an activating group) is 1. The molecule has 0 unspecified atom stereocenters. The first kappa shape index (κ1) is 15.8. The summed E-state index contributed by atoms with van der Waals surface area (Å²) >= 11 is 8.45. The van der Waals surface area contributed by atoms with E-state index in [9.17, 15) is 9.90 Å². The molecular weight excluding hydrogens is 356 g/mol. The Kier molecular flexibility index (Phi) is 4.84. The Morgan fingerprint density at radius 3 is 2.76 bits per heavy atom. The summed E-state index contributed by atoms with van der Waals surface area (Å²) < 4.78 is 6.11. The van der Waals surface area contributed by atoms with E-state index in [2.05, 4.69) is 21.2 Å². The predicted molar refractivity (Wildman–Crippen MR) is 88.1 cm³/mol. The van der Waals surface area contributed by atoms with Gasteiger partial charge < -0.3 is 15.2 Å². The Labute approximate surface area is 136 Å². The molecule has 0 aromatic heterocycles. The summed E-state index contributed by atoms with van der Waals surface area (Å²) in [7, 11) is 0. The number of hydrogen-bond acceptors (Lipinski definition) is 4. The van der Waals surface area contributed by atoms with Gasteiger partial charge in [-0.05, 0) is 44.3 Å². The van der Waals surface area contributed by atoms with Crippen LogP contribution in [0.4, 0.5) is 0 Å². The van der Waals surface area contributed by atoms with E-state index in [1.54, 1.807) is 18.2 Å². The number of phenols is 1. The van der Waals surface area contributed by atoms with Crippen molar-refractivity contribution in [1.29, 1.82) is 0 Å². The van der Waals surface area contributed by atoms with Crippen LogP contribution in [0.3, 0.4) is 0 Å². The molecular formula is C14H15BrN2O3S. The zero-order valence-electron chi connectivity index (χ0n) is 11.6. The van der Waals surface area contributed by atoms with Crippen molar-refractivity contribution in [2.24, 2.45) is 0 Å². The van der Waals surface area contributed by atoms with Crippen molar-refractivity contribution in [3.63, 3.8) is 0 Å². The van der Waals surface area contributed by atoms with Crippen molar-refractivity contribution in [3.05, 3.63) is 27.9 Å². The highest BCUT2D eigenvalue weighted by Crippen LogP contribution is 2.35. The van der Waals surface area contributed by atoms with Crippen LogP contribution in [0.2, 0.25) is 0 Å². The van der Waals surface area contributed by atoms with Crippen LogP contribution in [-0.2, 0) is 4.79 Å². The monoisotopic (exact) mass is 370 g/mol. The third-order valence-electron chi connectivity index (χ3n) is 2.95. The Hall–Kier alpha value is -1.60. The summed E-state index contributed by atoms with van der Waals surface area (Å²) in [4.78, 5) is 13.6. The van der Waals surface area contributed by atoms with Crippen LogP contribution in [0.5, 0.6) is 11.5 Å². The van der Waals surface area contributed by atoms with Crippen LogP contribution >= 0.6 is 28.1 Å². The van der Waals surface area contributed by atoms with Crippen LogP contribution < -0.4 is 10.1 Å². The lowest BCUT2D eigenvalue weighted by Crippen LogP contribution is -2.30. The van der Waals surface area contributed by atoms with E-state index in [1.165, 1.54) is 4.90 Å². The molecule has 5 nitrogen and oxygen atoms in total. The molecule has 0 bridgehead atoms. The summed E-state index contributed by atoms with van der Waals surface area (Å²) in [6.07, 6.45) is 1.56. The number of carbonyl (C=O) groups excluding carboxylic acids is 1. The number of aromatic hydroxyl groups is 1. The average Bonchev–Trinajstić information content (AvgIpc) is 2.69. The minimum absolute atomic E-state index is 0.0111. The summed E-state index contributed by atoms with van der Waals surface area (Å²) in [5.41, 5.74) is 0.808. The van der Waals surface area contributed by atoms with Gasteiger partial charge in [0, 0.05) is 16.6 Å². The third kappa shape index (κ3) is 3.19. The number of amides is 1. The second kappa shape index (κ2) is 6.44. The van der Waals surface area contributed by atoms with E-state index < -0.39 is 0 Å². The van der Waals surface area contributed by atoms with E-state index in [4.69, 9.17) is 17.0 Å². The average molecular weight is 371 g/mol. The van der Waals surface area contributed by atoms with E-state index in [0.29, 0.717) is 35.3 Å². The highest BCUT2D eigenvalue weighted by molar-refractivity contribution is 9.10. The van der Waals surface area contributed by atoms with Gasteiger partial charge in [-0.2, -0.15) is 0 Å². The number of ether oxygens (including phenoxy) is 1. The summed E-state index contributed by atoms with van der Waals surface area (Å²) in [6, 6.07) is 3.38. The Morgan fingerprint density at radius 2 is 2.19 bits per heavy atom. The number of phenolic OH excluding ortho intramolecular Hbond substituents is 1. The van der Waals surface area contributed by atoms with Gasteiger partial charge in [-0.25, -0.2) is 0 Å². The zero-order chi connectivity index (χ0) is 15.6. The highest BCUT2D eigenvalue weighted by Gasteiger charge is 2.29. The molecule has 0 aliphatic carbocycles. The molecule has 112 valence electrons. The number of thiocarbonyl (C=S) groups is 1. The van der Waals surface area contributed by atoms with Gasteiger partial charge in [-0.3, -0.25) is 9.69 Å². The number of hydrogen-bond donors (Lipinski definition) is 2. The fourth-order valence-electron chi connectivity index (χ4n) is 1.98. The van der Waals surface area contributed by atoms with Crippen LogP contribution in [0.1, 0.15) is 19.4 Å². The molecule has 1 fully saturated rings. The van der Waals surface area contributed by atoms with E-state index in [0.717, 1.165) is 4.47 Å². The smallest absolute Gasteiger partial charge is 0.276 e. The number of nitrogens with zero attached hydrogens (tertiary/aromatic N) is 1. The maximum Gasteiger partial charge on any atom is 0.276 e. The number of carbonyl (C=O) groups is 1. The quantitative estimate of drug-likeness (QED) is 0.630. The van der Waals surface area contributed by atoms with Gasteiger partial charge in [-0.15, -0.1) is 0 Å². The molecule has 0 atom stereocenters. The Balaban J connectivity index is 2.42. The van der Waals surface area contributed by atoms with Crippen molar-refractivity contribution in [2.45, 2.75) is 13.8 Å². The first-order valence-electron chi connectivity index (χ1n) is 6.47. The predicted octanol–water partition coefficient (Wildman–Crippen LogP) is 2.63. The van der Waals surface area contributed by atoms with Crippen LogP contribution in [-0.4, -0.2) is 34.2 Å². The summed E-state index contributed by atoms with van der Waals surface area (Å²) in [5.74, 6) is 0.141. The van der Waals surface area contributed by atoms with Crippen molar-refractivity contribution in [1.82, 2.24) is 10.2 Å². The third-order valence-corrected chi connectivity index (χ3v) is 3.73. The van der Waals surface area contributed by atoms with Crippen LogP contribution in [0.15, 0.2) is 22.3 Å². The Morgan fingerprint density at radius 1 is 1.48 bits per heavy atom. The molecule has 1 saturated heterocycles. The largest absolute Gasteiger partial charge is 0.504 e. The Bertz CT molecular complexity index is 631. The van der Waals surface area contributed by atoms with E-state index >= 15 is 0 Å². The lowest BCUT2D eigenvalue weighted by atomic mass is 10.1. The van der Waals surface area contributed by atoms with Gasteiger partial charge in [0.25, 0.3) is 5.91 Å². The van der Waals surface area contributed by atoms with Crippen molar-refractivity contribution in [3.8, 4) is 11.5 Å². The number of rotatable bonds is 4. The second-order valence-electron chi connectivity index (χ2n) is 4.31. The molecule has 1 aromatic rings. The lowest BCUT2D eigenvalue weighted by Gasteiger charge is -2.10. The molecule has 1 heterocycles. The molecule has 2 N–H and O–H groups in total. The SMILES string of the molecule is CCOc1cc(Br)cc(/C=C2/NC(=S)N(CC)C2=O)c1O. The van der Waals surface area contributed by atoms with Crippen molar-refractivity contribution >= 4 is 45.2 Å². The fraction of sp³-hybridized carbons (Fsp3) is 0.286. The maximum atomic E-state index is 12.1. The molecule has 2 rings (SSSR count). The molecule has 0 spiro atoms. The number of benzene rings is 1. The van der Waals surface area contributed by atoms with Crippen LogP contribution in [0, 0.1) is 0 Å². The lowest BCUT2D eigenvalue weighted by molar-refractivity contribution is -0.122. The van der Waals surface area contributed by atoms with Gasteiger partial charge >= 0.3 is 0 Å². The standard InChI is InChI=1S/C14H15BrN2O3S/c1-3-17-13(19)10(16-14(17)21)6-8-5-9(15)7-11(12(8)18)20-4-2/h5-7,18H,3-4H2,1-2H3,(H,16,21)/b10-6+. The molecule has 1 aliphatic heterocycles. The van der Waals surface area contributed by atoms with E-state index in [-0.39, 0.29) is 11.7 Å². The van der Waals surface area contributed by atoms with Gasteiger partial charge in [-0.1, -0.05) is 15.9 Å². The van der Waals surface area contributed by atoms with Gasteiger partial charge in [0.2, 0.25) is 0 Å². The minimum Gasteiger partial charge on any atom is -0.504 e. The molecule has 7 heteroatoms. The van der Waals surface area contributed by atoms with Gasteiger partial charge in [0.05, 0.1) is 6.61 Å². The summed E-state index contributed by atoms with van der Waals surface area (Å²) in [5, 5.41) is 13.4. The van der Waals surface area contributed by atoms with Crippen molar-refractivity contribution < 1.29 is 14.6 Å².